The van der Waals surface area contributed by atoms with E-state index >= 15 is 0 Å². The van der Waals surface area contributed by atoms with Crippen molar-refractivity contribution in [2.24, 2.45) is 0 Å². The zero-order chi connectivity index (χ0) is 32.3. The van der Waals surface area contributed by atoms with Gasteiger partial charge in [-0.2, -0.15) is 0 Å². The molecule has 1 aliphatic heterocycles. The molecule has 0 saturated carbocycles. The molecule has 1 aliphatic rings. The summed E-state index contributed by atoms with van der Waals surface area (Å²) < 4.78 is 2.42. The Bertz CT molecular complexity index is 2630. The Balaban J connectivity index is 1.08. The summed E-state index contributed by atoms with van der Waals surface area (Å²) in [6.07, 6.45) is 0. The van der Waals surface area contributed by atoms with Crippen LogP contribution >= 0.6 is 11.8 Å². The van der Waals surface area contributed by atoms with Crippen LogP contribution in [-0.4, -0.2) is 11.3 Å². The van der Waals surface area contributed by atoms with Crippen molar-refractivity contribution in [2.45, 2.75) is 9.79 Å². The summed E-state index contributed by atoms with van der Waals surface area (Å²) in [5, 5.41) is 5.20. The van der Waals surface area contributed by atoms with Crippen LogP contribution in [0, 0.1) is 0 Å². The van der Waals surface area contributed by atoms with Gasteiger partial charge in [-0.15, -0.1) is 0 Å². The van der Waals surface area contributed by atoms with Crippen LogP contribution in [0.3, 0.4) is 0 Å². The van der Waals surface area contributed by atoms with Crippen LogP contribution in [0.4, 0.5) is 0 Å². The summed E-state index contributed by atoms with van der Waals surface area (Å²) in [7, 11) is 0. The number of benzene rings is 8. The molecule has 0 saturated heterocycles. The van der Waals surface area contributed by atoms with Gasteiger partial charge in [0, 0.05) is 31.6 Å². The first kappa shape index (κ1) is 28.3. The number of aromatic nitrogens is 1. The summed E-state index contributed by atoms with van der Waals surface area (Å²) in [5.74, 6) is 0. The molecule has 1 aromatic heterocycles. The van der Waals surface area contributed by atoms with Gasteiger partial charge in [0.1, 0.15) is 0 Å². The molecule has 0 fully saturated rings. The summed E-state index contributed by atoms with van der Waals surface area (Å²) in [6.45, 7) is 0.174. The van der Waals surface area contributed by atoms with Gasteiger partial charge in [0.25, 0.3) is 0 Å². The number of hydrogen-bond donors (Lipinski definition) is 0. The highest BCUT2D eigenvalue weighted by Gasteiger charge is 2.23. The third-order valence-corrected chi connectivity index (χ3v) is 11.2. The molecule has 0 aliphatic carbocycles. The van der Waals surface area contributed by atoms with Gasteiger partial charge in [0.2, 0.25) is 6.71 Å². The molecule has 9 aromatic rings. The fraction of sp³-hybridized carbons (Fsp3) is 0. The number of nitrogens with zero attached hydrogens (tertiary/aromatic N) is 1. The third-order valence-electron chi connectivity index (χ3n) is 10.1. The maximum absolute atomic E-state index is 2.42. The van der Waals surface area contributed by atoms with Crippen LogP contribution in [0.1, 0.15) is 0 Å². The second-order valence-corrected chi connectivity index (χ2v) is 14.0. The molecule has 0 amide bonds. The maximum atomic E-state index is 2.42. The molecule has 10 rings (SSSR count). The fourth-order valence-electron chi connectivity index (χ4n) is 7.86. The second kappa shape index (κ2) is 11.4. The number of rotatable bonds is 5. The number of fused-ring (bicyclic) bond motifs is 5. The van der Waals surface area contributed by atoms with Crippen molar-refractivity contribution in [1.29, 1.82) is 0 Å². The van der Waals surface area contributed by atoms with Crippen LogP contribution in [0.5, 0.6) is 0 Å². The van der Waals surface area contributed by atoms with E-state index in [9.17, 15) is 0 Å². The normalized spacial score (nSPS) is 12.0. The summed E-state index contributed by atoms with van der Waals surface area (Å²) in [4.78, 5) is 2.66. The summed E-state index contributed by atoms with van der Waals surface area (Å²) >= 11 is 1.88. The van der Waals surface area contributed by atoms with Crippen LogP contribution in [-0.2, 0) is 0 Å². The molecule has 2 heterocycles. The van der Waals surface area contributed by atoms with E-state index in [1.54, 1.807) is 0 Å². The highest BCUT2D eigenvalue weighted by atomic mass is 32.2. The van der Waals surface area contributed by atoms with Gasteiger partial charge in [-0.3, -0.25) is 0 Å². The van der Waals surface area contributed by atoms with Gasteiger partial charge >= 0.3 is 0 Å². The van der Waals surface area contributed by atoms with Gasteiger partial charge in [-0.05, 0) is 76.2 Å². The van der Waals surface area contributed by atoms with Gasteiger partial charge in [-0.25, -0.2) is 0 Å². The summed E-state index contributed by atoms with van der Waals surface area (Å²) in [5.41, 5.74) is 12.6. The van der Waals surface area contributed by atoms with E-state index in [2.05, 4.69) is 187 Å². The van der Waals surface area contributed by atoms with Crippen molar-refractivity contribution < 1.29 is 0 Å². The van der Waals surface area contributed by atoms with Gasteiger partial charge in [-0.1, -0.05) is 162 Å². The van der Waals surface area contributed by atoms with Crippen LogP contribution in [0.2, 0.25) is 0 Å². The van der Waals surface area contributed by atoms with E-state index in [-0.39, 0.29) is 6.71 Å². The lowest BCUT2D eigenvalue weighted by Gasteiger charge is -2.21. The van der Waals surface area contributed by atoms with E-state index in [1.165, 1.54) is 86.7 Å². The average Bonchev–Trinajstić information content (AvgIpc) is 3.50. The van der Waals surface area contributed by atoms with Crippen LogP contribution in [0.25, 0.3) is 60.5 Å². The van der Waals surface area contributed by atoms with Crippen molar-refractivity contribution in [1.82, 2.24) is 4.57 Å². The molecule has 3 heteroatoms. The Hall–Kier alpha value is -5.77. The smallest absolute Gasteiger partial charge is 0.241 e. The summed E-state index contributed by atoms with van der Waals surface area (Å²) in [6, 6.07) is 66.9. The van der Waals surface area contributed by atoms with Crippen LogP contribution in [0.15, 0.2) is 192 Å². The number of hydrogen-bond acceptors (Lipinski definition) is 1. The van der Waals surface area contributed by atoms with E-state index in [4.69, 9.17) is 0 Å². The molecule has 49 heavy (non-hydrogen) atoms. The molecule has 0 spiro atoms. The molecule has 0 atom stereocenters. The molecule has 228 valence electrons. The molecule has 8 aromatic carbocycles. The Labute approximate surface area is 290 Å². The first-order valence-electron chi connectivity index (χ1n) is 16.9. The van der Waals surface area contributed by atoms with Crippen molar-refractivity contribution in [3.63, 3.8) is 0 Å². The minimum absolute atomic E-state index is 0.174. The van der Waals surface area contributed by atoms with Gasteiger partial charge in [0.05, 0.1) is 11.0 Å². The third kappa shape index (κ3) is 4.65. The largest absolute Gasteiger partial charge is 0.309 e. The lowest BCUT2D eigenvalue weighted by atomic mass is 9.37. The molecule has 0 N–H and O–H groups in total. The van der Waals surface area contributed by atoms with E-state index in [0.717, 1.165) is 0 Å². The first-order chi connectivity index (χ1) is 24.3. The molecule has 0 radical (unpaired) electrons. The lowest BCUT2D eigenvalue weighted by Crippen LogP contribution is -2.51. The average molecular weight is 640 g/mol. The van der Waals surface area contributed by atoms with E-state index in [0.29, 0.717) is 0 Å². The van der Waals surface area contributed by atoms with Gasteiger partial charge < -0.3 is 4.57 Å². The van der Waals surface area contributed by atoms with Gasteiger partial charge in [0.15, 0.2) is 0 Å². The SMILES string of the molecule is c1ccc(B(c2ccccc2)c2ccc(-n3c4ccccc4c4cc(-c5ccc6c(c5)-c5cccc7cccc(c57)S6)ccc43)cc2)cc1. The molecule has 0 bridgehead atoms. The Morgan fingerprint density at radius 3 is 1.82 bits per heavy atom. The molecule has 0 unspecified atom stereocenters. The highest BCUT2D eigenvalue weighted by molar-refractivity contribution is 7.99. The topological polar surface area (TPSA) is 4.93 Å². The molecule has 1 nitrogen and oxygen atoms in total. The van der Waals surface area contributed by atoms with Crippen LogP contribution < -0.4 is 16.4 Å². The van der Waals surface area contributed by atoms with E-state index < -0.39 is 0 Å². The van der Waals surface area contributed by atoms with Crippen molar-refractivity contribution >= 4 is 67.4 Å². The molecular weight excluding hydrogens is 609 g/mol. The minimum atomic E-state index is 0.174. The standard InChI is InChI=1S/C46H30BNS/c1-3-13-34(14-4-1)47(35-15-5-2-6-16-35)36-23-25-37(26-24-36)48-42-19-8-7-17-38(42)40-29-32(21-27-43(40)48)33-22-28-44-41(30-33)39-18-9-11-31-12-10-20-45(49-44)46(31)39/h1-30H. The predicted molar refractivity (Wildman–Crippen MR) is 211 cm³/mol. The fourth-order valence-corrected chi connectivity index (χ4v) is 8.99. The molecular formula is C46H30BNS. The Morgan fingerprint density at radius 1 is 0.408 bits per heavy atom. The van der Waals surface area contributed by atoms with Crippen molar-refractivity contribution in [3.8, 4) is 27.9 Å². The zero-order valence-electron chi connectivity index (χ0n) is 26.8. The number of para-hydroxylation sites is 1. The maximum Gasteiger partial charge on any atom is 0.241 e. The van der Waals surface area contributed by atoms with Crippen molar-refractivity contribution in [2.75, 3.05) is 0 Å². The zero-order valence-corrected chi connectivity index (χ0v) is 27.6. The quantitative estimate of drug-likeness (QED) is 0.170. The Kier molecular flexibility index (Phi) is 6.60. The lowest BCUT2D eigenvalue weighted by molar-refractivity contribution is 1.18. The van der Waals surface area contributed by atoms with E-state index in [1.807, 2.05) is 11.8 Å². The Morgan fingerprint density at radius 2 is 1.04 bits per heavy atom. The highest BCUT2D eigenvalue weighted by Crippen LogP contribution is 2.49. The second-order valence-electron chi connectivity index (χ2n) is 12.9. The first-order valence-corrected chi connectivity index (χ1v) is 17.7. The van der Waals surface area contributed by atoms with Crippen molar-refractivity contribution in [3.05, 3.63) is 182 Å². The minimum Gasteiger partial charge on any atom is -0.309 e. The predicted octanol–water partition coefficient (Wildman–Crippen LogP) is 10.3. The monoisotopic (exact) mass is 639 g/mol.